The number of halogens is 2. The Bertz CT molecular complexity index is 648. The highest BCUT2D eigenvalue weighted by atomic mass is 35.5. The molecule has 25 heavy (non-hydrogen) atoms. The number of nitrogens with one attached hydrogen (secondary N) is 1. The van der Waals surface area contributed by atoms with Gasteiger partial charge in [0.15, 0.2) is 0 Å². The van der Waals surface area contributed by atoms with Crippen molar-refractivity contribution < 1.29 is 19.5 Å². The van der Waals surface area contributed by atoms with Crippen LogP contribution in [0.5, 0.6) is 0 Å². The number of hydrogen-bond acceptors (Lipinski definition) is 7. The Balaban J connectivity index is 2.33. The van der Waals surface area contributed by atoms with E-state index < -0.39 is 11.2 Å². The molecule has 0 aliphatic heterocycles. The second-order valence-electron chi connectivity index (χ2n) is 4.39. The first-order valence-electron chi connectivity index (χ1n) is 6.91. The number of nitrogens with two attached hydrogens (primary N) is 1. The van der Waals surface area contributed by atoms with Crippen LogP contribution in [-0.4, -0.2) is 36.6 Å². The lowest BCUT2D eigenvalue weighted by Gasteiger charge is -2.05. The average molecular weight is 392 g/mol. The Hall–Kier alpha value is -2.59. The Kier molecular flexibility index (Phi) is 9.04. The maximum Gasteiger partial charge on any atom is 0.413 e. The van der Waals surface area contributed by atoms with Gasteiger partial charge in [-0.25, -0.2) is 4.79 Å². The number of guanidine groups is 1. The second-order valence-corrected chi connectivity index (χ2v) is 5.20. The van der Waals surface area contributed by atoms with Crippen molar-refractivity contribution in [3.63, 3.8) is 0 Å². The molecule has 0 bridgehead atoms. The summed E-state index contributed by atoms with van der Waals surface area (Å²) in [5.41, 5.74) is 5.92. The maximum absolute atomic E-state index is 11.4. The van der Waals surface area contributed by atoms with Crippen molar-refractivity contribution in [1.29, 1.82) is 0 Å². The van der Waals surface area contributed by atoms with Crippen molar-refractivity contribution in [2.75, 3.05) is 13.2 Å². The number of hydrogen-bond donors (Lipinski definition) is 2. The van der Waals surface area contributed by atoms with Gasteiger partial charge in [0.25, 0.3) is 5.09 Å². The summed E-state index contributed by atoms with van der Waals surface area (Å²) in [4.78, 5) is 25.4. The van der Waals surface area contributed by atoms with Crippen molar-refractivity contribution in [1.82, 2.24) is 5.32 Å². The summed E-state index contributed by atoms with van der Waals surface area (Å²) in [6.07, 6.45) is 1.21. The van der Waals surface area contributed by atoms with Gasteiger partial charge in [0.05, 0.1) is 29.5 Å². The molecule has 1 aromatic carbocycles. The number of carbonyl (C=O) groups is 1. The molecule has 136 valence electrons. The third-order valence-electron chi connectivity index (χ3n) is 2.55. The molecule has 0 atom stereocenters. The minimum absolute atomic E-state index is 0.0404. The molecule has 1 aromatic rings. The van der Waals surface area contributed by atoms with Crippen LogP contribution in [0.25, 0.3) is 0 Å². The van der Waals surface area contributed by atoms with Gasteiger partial charge >= 0.3 is 6.09 Å². The molecular weight excluding hydrogens is 377 g/mol. The van der Waals surface area contributed by atoms with Crippen molar-refractivity contribution in [2.24, 2.45) is 15.9 Å². The van der Waals surface area contributed by atoms with Crippen LogP contribution in [0.1, 0.15) is 18.4 Å². The highest BCUT2D eigenvalue weighted by molar-refractivity contribution is 6.38. The van der Waals surface area contributed by atoms with Crippen LogP contribution in [0.2, 0.25) is 10.0 Å². The number of unbranched alkanes of at least 4 members (excludes halogenated alkanes) is 1. The summed E-state index contributed by atoms with van der Waals surface area (Å²) in [6, 6.07) is 4.95. The van der Waals surface area contributed by atoms with E-state index in [9.17, 15) is 14.9 Å². The third-order valence-corrected chi connectivity index (χ3v) is 3.21. The first-order chi connectivity index (χ1) is 11.9. The van der Waals surface area contributed by atoms with Gasteiger partial charge in [-0.1, -0.05) is 29.3 Å². The van der Waals surface area contributed by atoms with E-state index in [1.807, 2.05) is 0 Å². The van der Waals surface area contributed by atoms with E-state index in [4.69, 9.17) is 33.7 Å². The highest BCUT2D eigenvalue weighted by Gasteiger charge is 2.04. The SMILES string of the molecule is N/C(=N\N=C\c1c(Cl)cccc1Cl)NC(=O)OCCCCO[N+](=O)[O-]. The van der Waals surface area contributed by atoms with Gasteiger partial charge in [-0.15, -0.1) is 15.2 Å². The molecule has 0 spiro atoms. The number of alkyl carbamates (subject to hydrolysis) is 1. The number of nitrogens with zero attached hydrogens (tertiary/aromatic N) is 3. The topological polar surface area (TPSA) is 141 Å². The fraction of sp³-hybridized carbons (Fsp3) is 0.308. The fourth-order valence-corrected chi connectivity index (χ4v) is 1.95. The van der Waals surface area contributed by atoms with E-state index in [1.165, 1.54) is 6.21 Å². The van der Waals surface area contributed by atoms with Gasteiger partial charge in [0.1, 0.15) is 0 Å². The quantitative estimate of drug-likeness (QED) is 0.229. The first-order valence-corrected chi connectivity index (χ1v) is 7.67. The predicted octanol–water partition coefficient (Wildman–Crippen LogP) is 2.36. The van der Waals surface area contributed by atoms with E-state index in [-0.39, 0.29) is 19.2 Å². The van der Waals surface area contributed by atoms with Gasteiger partial charge in [-0.2, -0.15) is 5.10 Å². The summed E-state index contributed by atoms with van der Waals surface area (Å²) in [7, 11) is 0. The molecule has 12 heteroatoms. The number of ether oxygens (including phenoxy) is 1. The first kappa shape index (κ1) is 20.5. The molecule has 0 unspecified atom stereocenters. The van der Waals surface area contributed by atoms with Gasteiger partial charge in [0.2, 0.25) is 5.96 Å². The molecule has 0 aromatic heterocycles. The van der Waals surface area contributed by atoms with Gasteiger partial charge in [-0.3, -0.25) is 5.32 Å². The molecular formula is C13H15Cl2N5O5. The molecule has 0 saturated heterocycles. The van der Waals surface area contributed by atoms with E-state index >= 15 is 0 Å². The minimum atomic E-state index is -0.888. The normalized spacial score (nSPS) is 11.4. The summed E-state index contributed by atoms with van der Waals surface area (Å²) in [5.74, 6) is -0.291. The van der Waals surface area contributed by atoms with Crippen molar-refractivity contribution in [3.8, 4) is 0 Å². The van der Waals surface area contributed by atoms with E-state index in [1.54, 1.807) is 18.2 Å². The number of carbonyl (C=O) groups excluding carboxylic acids is 1. The van der Waals surface area contributed by atoms with Crippen LogP contribution in [-0.2, 0) is 9.57 Å². The Morgan fingerprint density at radius 2 is 1.96 bits per heavy atom. The molecule has 1 amide bonds. The van der Waals surface area contributed by atoms with Crippen LogP contribution in [0.15, 0.2) is 28.4 Å². The van der Waals surface area contributed by atoms with Crippen molar-refractivity contribution in [2.45, 2.75) is 12.8 Å². The smallest absolute Gasteiger partial charge is 0.413 e. The number of rotatable bonds is 8. The van der Waals surface area contributed by atoms with Crippen LogP contribution >= 0.6 is 23.2 Å². The number of benzene rings is 1. The monoisotopic (exact) mass is 391 g/mol. The van der Waals surface area contributed by atoms with E-state index in [2.05, 4.69) is 20.4 Å². The van der Waals surface area contributed by atoms with E-state index in [0.29, 0.717) is 28.5 Å². The fourth-order valence-electron chi connectivity index (χ4n) is 1.46. The summed E-state index contributed by atoms with van der Waals surface area (Å²) in [5, 5.41) is 19.2. The molecule has 3 N–H and O–H groups in total. The Labute approximate surface area is 152 Å². The zero-order valence-electron chi connectivity index (χ0n) is 12.9. The summed E-state index contributed by atoms with van der Waals surface area (Å²) < 4.78 is 4.79. The van der Waals surface area contributed by atoms with Gasteiger partial charge < -0.3 is 15.3 Å². The lowest BCUT2D eigenvalue weighted by atomic mass is 10.2. The maximum atomic E-state index is 11.4. The zero-order valence-corrected chi connectivity index (χ0v) is 14.4. The molecule has 0 saturated carbocycles. The zero-order chi connectivity index (χ0) is 18.7. The largest absolute Gasteiger partial charge is 0.449 e. The second kappa shape index (κ2) is 11.0. The van der Waals surface area contributed by atoms with Crippen LogP contribution < -0.4 is 11.1 Å². The third kappa shape index (κ3) is 8.72. The van der Waals surface area contributed by atoms with Crippen molar-refractivity contribution in [3.05, 3.63) is 43.9 Å². The van der Waals surface area contributed by atoms with Gasteiger partial charge in [0, 0.05) is 5.56 Å². The van der Waals surface area contributed by atoms with E-state index in [0.717, 1.165) is 0 Å². The Morgan fingerprint density at radius 3 is 2.60 bits per heavy atom. The highest BCUT2D eigenvalue weighted by Crippen LogP contribution is 2.22. The summed E-state index contributed by atoms with van der Waals surface area (Å²) >= 11 is 11.9. The minimum Gasteiger partial charge on any atom is -0.449 e. The molecule has 0 heterocycles. The standard InChI is InChI=1S/C13H15Cl2N5O5/c14-10-4-3-5-11(15)9(10)8-17-19-12(16)18-13(21)24-6-1-2-7-25-20(22)23/h3-5,8H,1-2,6-7H2,(H3,16,18,19,21)/b17-8+. The molecule has 0 fully saturated rings. The predicted molar refractivity (Wildman–Crippen MR) is 92.3 cm³/mol. The molecule has 0 radical (unpaired) electrons. The Morgan fingerprint density at radius 1 is 1.32 bits per heavy atom. The molecule has 1 rings (SSSR count). The number of amides is 1. The average Bonchev–Trinajstić information content (AvgIpc) is 2.53. The summed E-state index contributed by atoms with van der Waals surface area (Å²) in [6.45, 7) is -0.0282. The lowest BCUT2D eigenvalue weighted by Crippen LogP contribution is -2.37. The van der Waals surface area contributed by atoms with Crippen LogP contribution in [0.4, 0.5) is 4.79 Å². The molecule has 0 aliphatic rings. The van der Waals surface area contributed by atoms with Crippen LogP contribution in [0, 0.1) is 10.1 Å². The van der Waals surface area contributed by atoms with Crippen LogP contribution in [0.3, 0.4) is 0 Å². The van der Waals surface area contributed by atoms with Crippen molar-refractivity contribution >= 4 is 41.5 Å². The van der Waals surface area contributed by atoms with Gasteiger partial charge in [-0.05, 0) is 25.0 Å². The lowest BCUT2D eigenvalue weighted by molar-refractivity contribution is -0.757. The molecule has 0 aliphatic carbocycles. The molecule has 10 nitrogen and oxygen atoms in total.